The van der Waals surface area contributed by atoms with Crippen molar-refractivity contribution < 1.29 is 29.4 Å². The van der Waals surface area contributed by atoms with Crippen LogP contribution in [0, 0.1) is 5.92 Å². The highest BCUT2D eigenvalue weighted by atomic mass is 32.1. The number of aliphatic hydroxyl groups is 1. The van der Waals surface area contributed by atoms with Gasteiger partial charge in [0, 0.05) is 11.5 Å². The highest BCUT2D eigenvalue weighted by molar-refractivity contribution is 7.80. The molecule has 0 bridgehead atoms. The zero-order valence-electron chi connectivity index (χ0n) is 14.5. The van der Waals surface area contributed by atoms with Crippen LogP contribution in [0.5, 0.6) is 0 Å². The van der Waals surface area contributed by atoms with E-state index in [9.17, 15) is 19.2 Å². The zero-order valence-corrected chi connectivity index (χ0v) is 16.3. The summed E-state index contributed by atoms with van der Waals surface area (Å²) >= 11 is 7.95. The van der Waals surface area contributed by atoms with Gasteiger partial charge in [-0.2, -0.15) is 25.3 Å². The number of carbonyl (C=O) groups is 4. The molecule has 0 spiro atoms. The molecule has 0 aliphatic heterocycles. The Hall–Kier alpha value is -1.50. The van der Waals surface area contributed by atoms with Gasteiger partial charge in [0.15, 0.2) is 0 Å². The minimum absolute atomic E-state index is 0.0440. The van der Waals surface area contributed by atoms with Crippen LogP contribution < -0.4 is 21.7 Å². The van der Waals surface area contributed by atoms with Crippen molar-refractivity contribution in [3.8, 4) is 0 Å². The Balaban J connectivity index is 4.91. The number of carbonyl (C=O) groups excluding carboxylic acids is 3. The number of carboxylic acids is 1. The number of amides is 3. The van der Waals surface area contributed by atoms with Gasteiger partial charge in [0.1, 0.15) is 18.1 Å². The highest BCUT2D eigenvalue weighted by Crippen LogP contribution is 2.00. The van der Waals surface area contributed by atoms with Crippen molar-refractivity contribution in [3.05, 3.63) is 0 Å². The van der Waals surface area contributed by atoms with Gasteiger partial charge in [-0.15, -0.1) is 0 Å². The van der Waals surface area contributed by atoms with Crippen molar-refractivity contribution >= 4 is 48.9 Å². The minimum Gasteiger partial charge on any atom is -0.480 e. The van der Waals surface area contributed by atoms with Gasteiger partial charge in [-0.1, -0.05) is 13.8 Å². The van der Waals surface area contributed by atoms with E-state index >= 15 is 0 Å². The first-order chi connectivity index (χ1) is 12.1. The van der Waals surface area contributed by atoms with Crippen LogP contribution >= 0.6 is 25.3 Å². The van der Waals surface area contributed by atoms with Crippen LogP contribution in [0.25, 0.3) is 0 Å². The summed E-state index contributed by atoms with van der Waals surface area (Å²) in [5.41, 5.74) is 5.71. The number of rotatable bonds is 11. The van der Waals surface area contributed by atoms with Crippen LogP contribution in [-0.4, -0.2) is 76.2 Å². The van der Waals surface area contributed by atoms with E-state index in [4.69, 9.17) is 15.9 Å². The lowest BCUT2D eigenvalue weighted by atomic mass is 10.0. The SMILES string of the molecule is CC(C)C(N)C(=O)NC(CS)C(=O)NC(CS)C(=O)NC(CO)C(=O)O. The Morgan fingerprint density at radius 1 is 0.885 bits per heavy atom. The van der Waals surface area contributed by atoms with Gasteiger partial charge in [0.2, 0.25) is 17.7 Å². The largest absolute Gasteiger partial charge is 0.480 e. The number of aliphatic carboxylic acids is 1. The van der Waals surface area contributed by atoms with Crippen molar-refractivity contribution in [2.24, 2.45) is 11.7 Å². The number of nitrogens with one attached hydrogen (secondary N) is 3. The van der Waals surface area contributed by atoms with Gasteiger partial charge in [-0.25, -0.2) is 4.79 Å². The number of carboxylic acid groups (broad SMARTS) is 1. The lowest BCUT2D eigenvalue weighted by molar-refractivity contribution is -0.143. The Morgan fingerprint density at radius 2 is 1.27 bits per heavy atom. The van der Waals surface area contributed by atoms with Crippen LogP contribution in [0.3, 0.4) is 0 Å². The first kappa shape index (κ1) is 24.5. The van der Waals surface area contributed by atoms with Crippen LogP contribution in [0.2, 0.25) is 0 Å². The second-order valence-corrected chi connectivity index (χ2v) is 6.57. The van der Waals surface area contributed by atoms with Crippen molar-refractivity contribution in [1.82, 2.24) is 16.0 Å². The number of aliphatic hydroxyl groups excluding tert-OH is 1. The fraction of sp³-hybridized carbons (Fsp3) is 0.714. The van der Waals surface area contributed by atoms with E-state index in [2.05, 4.69) is 41.2 Å². The van der Waals surface area contributed by atoms with E-state index in [0.29, 0.717) is 0 Å². The highest BCUT2D eigenvalue weighted by Gasteiger charge is 2.29. The molecule has 26 heavy (non-hydrogen) atoms. The summed E-state index contributed by atoms with van der Waals surface area (Å²) in [6.07, 6.45) is 0. The Kier molecular flexibility index (Phi) is 11.3. The fourth-order valence-electron chi connectivity index (χ4n) is 1.69. The molecular weight excluding hydrogens is 384 g/mol. The lowest BCUT2D eigenvalue weighted by Gasteiger charge is -2.24. The number of nitrogens with two attached hydrogens (primary N) is 1. The van der Waals surface area contributed by atoms with Gasteiger partial charge < -0.3 is 31.9 Å². The standard InChI is InChI=1S/C14H26N4O6S2/c1-6(2)10(15)13(22)18-9(5-26)12(21)17-8(4-25)11(20)16-7(3-19)14(23)24/h6-10,19,25-26H,3-5,15H2,1-2H3,(H,16,20)(H,17,21)(H,18,22)(H,23,24). The third-order valence-corrected chi connectivity index (χ3v) is 4.18. The third kappa shape index (κ3) is 7.81. The maximum absolute atomic E-state index is 12.3. The molecule has 0 rings (SSSR count). The molecule has 0 heterocycles. The maximum atomic E-state index is 12.3. The molecule has 0 fully saturated rings. The molecule has 0 aromatic carbocycles. The third-order valence-electron chi connectivity index (χ3n) is 3.45. The van der Waals surface area contributed by atoms with Gasteiger partial charge in [-0.3, -0.25) is 14.4 Å². The number of hydrogen-bond donors (Lipinski definition) is 8. The van der Waals surface area contributed by atoms with E-state index < -0.39 is 54.5 Å². The van der Waals surface area contributed by atoms with Crippen molar-refractivity contribution in [3.63, 3.8) is 0 Å². The molecule has 0 radical (unpaired) electrons. The van der Waals surface area contributed by atoms with E-state index in [1.54, 1.807) is 13.8 Å². The summed E-state index contributed by atoms with van der Waals surface area (Å²) in [6, 6.07) is -4.53. The predicted octanol–water partition coefficient (Wildman–Crippen LogP) is -2.64. The summed E-state index contributed by atoms with van der Waals surface area (Å²) in [4.78, 5) is 47.1. The van der Waals surface area contributed by atoms with Crippen molar-refractivity contribution in [1.29, 1.82) is 0 Å². The molecule has 0 saturated carbocycles. The summed E-state index contributed by atoms with van der Waals surface area (Å²) in [7, 11) is 0. The van der Waals surface area contributed by atoms with E-state index in [-0.39, 0.29) is 17.4 Å². The average molecular weight is 411 g/mol. The Labute approximate surface area is 162 Å². The van der Waals surface area contributed by atoms with Crippen LogP contribution in [0.1, 0.15) is 13.8 Å². The topological polar surface area (TPSA) is 171 Å². The Bertz CT molecular complexity index is 520. The molecule has 4 unspecified atom stereocenters. The molecule has 7 N–H and O–H groups in total. The molecule has 0 aromatic rings. The second-order valence-electron chi connectivity index (χ2n) is 5.84. The number of thiol groups is 2. The molecule has 150 valence electrons. The first-order valence-corrected chi connectivity index (χ1v) is 9.07. The minimum atomic E-state index is -1.51. The second kappa shape index (κ2) is 12.0. The maximum Gasteiger partial charge on any atom is 0.328 e. The van der Waals surface area contributed by atoms with E-state index in [1.165, 1.54) is 0 Å². The van der Waals surface area contributed by atoms with Crippen molar-refractivity contribution in [2.45, 2.75) is 38.0 Å². The Morgan fingerprint density at radius 3 is 1.58 bits per heavy atom. The normalized spacial score (nSPS) is 15.5. The lowest BCUT2D eigenvalue weighted by Crippen LogP contribution is -2.58. The molecule has 12 heteroatoms. The summed E-state index contributed by atoms with van der Waals surface area (Å²) in [5, 5.41) is 24.6. The van der Waals surface area contributed by atoms with Gasteiger partial charge in [-0.05, 0) is 5.92 Å². The van der Waals surface area contributed by atoms with Gasteiger partial charge in [0.05, 0.1) is 12.6 Å². The van der Waals surface area contributed by atoms with E-state index in [1.807, 2.05) is 0 Å². The molecule has 10 nitrogen and oxygen atoms in total. The average Bonchev–Trinajstić information content (AvgIpc) is 2.59. The molecule has 0 saturated heterocycles. The monoisotopic (exact) mass is 410 g/mol. The first-order valence-electron chi connectivity index (χ1n) is 7.81. The molecule has 3 amide bonds. The van der Waals surface area contributed by atoms with Crippen LogP contribution in [-0.2, 0) is 19.2 Å². The zero-order chi connectivity index (χ0) is 20.4. The summed E-state index contributed by atoms with van der Waals surface area (Å²) < 4.78 is 0. The predicted molar refractivity (Wildman–Crippen MR) is 101 cm³/mol. The fourth-order valence-corrected chi connectivity index (χ4v) is 2.20. The molecule has 4 atom stereocenters. The van der Waals surface area contributed by atoms with Crippen LogP contribution in [0.15, 0.2) is 0 Å². The summed E-state index contributed by atoms with van der Waals surface area (Å²) in [5.74, 6) is -3.81. The molecular formula is C14H26N4O6S2. The van der Waals surface area contributed by atoms with Gasteiger partial charge >= 0.3 is 5.97 Å². The van der Waals surface area contributed by atoms with E-state index in [0.717, 1.165) is 0 Å². The van der Waals surface area contributed by atoms with Crippen molar-refractivity contribution in [2.75, 3.05) is 18.1 Å². The number of hydrogen-bond acceptors (Lipinski definition) is 8. The smallest absolute Gasteiger partial charge is 0.328 e. The summed E-state index contributed by atoms with van der Waals surface area (Å²) in [6.45, 7) is 2.69. The van der Waals surface area contributed by atoms with Crippen LogP contribution in [0.4, 0.5) is 0 Å². The quantitative estimate of drug-likeness (QED) is 0.172. The molecule has 0 aliphatic rings. The molecule has 0 aliphatic carbocycles. The molecule has 0 aromatic heterocycles. The van der Waals surface area contributed by atoms with Gasteiger partial charge in [0.25, 0.3) is 0 Å².